The van der Waals surface area contributed by atoms with Crippen LogP contribution in [-0.2, 0) is 14.3 Å². The Morgan fingerprint density at radius 1 is 1.42 bits per heavy atom. The molecule has 0 aliphatic rings. The Labute approximate surface area is 115 Å². The van der Waals surface area contributed by atoms with Crippen molar-refractivity contribution in [3.63, 3.8) is 0 Å². The second-order valence-electron chi connectivity index (χ2n) is 3.45. The van der Waals surface area contributed by atoms with Gasteiger partial charge >= 0.3 is 11.9 Å². The van der Waals surface area contributed by atoms with E-state index in [0.717, 1.165) is 6.08 Å². The van der Waals surface area contributed by atoms with Gasteiger partial charge in [-0.15, -0.1) is 0 Å². The maximum Gasteiger partial charge on any atom is 0.344 e. The lowest BCUT2D eigenvalue weighted by atomic mass is 10.2. The van der Waals surface area contributed by atoms with Crippen LogP contribution in [0.3, 0.4) is 0 Å². The van der Waals surface area contributed by atoms with E-state index in [1.165, 1.54) is 12.1 Å². The lowest BCUT2D eigenvalue weighted by Gasteiger charge is -2.09. The summed E-state index contributed by atoms with van der Waals surface area (Å²) in [5, 5.41) is 9.00. The Morgan fingerprint density at radius 2 is 2.16 bits per heavy atom. The quantitative estimate of drug-likeness (QED) is 0.641. The molecule has 19 heavy (non-hydrogen) atoms. The van der Waals surface area contributed by atoms with Crippen LogP contribution in [0.2, 0.25) is 5.02 Å². The van der Waals surface area contributed by atoms with Crippen molar-refractivity contribution < 1.29 is 24.2 Å². The van der Waals surface area contributed by atoms with Crippen molar-refractivity contribution in [2.45, 2.75) is 6.92 Å². The van der Waals surface area contributed by atoms with Crippen LogP contribution in [0, 0.1) is 0 Å². The number of carboxylic acid groups (broad SMARTS) is 1. The zero-order valence-corrected chi connectivity index (χ0v) is 11.0. The molecule has 1 N–H and O–H groups in total. The molecule has 0 radical (unpaired) electrons. The van der Waals surface area contributed by atoms with Gasteiger partial charge in [0.1, 0.15) is 5.75 Å². The van der Waals surface area contributed by atoms with Gasteiger partial charge in [0.25, 0.3) is 0 Å². The van der Waals surface area contributed by atoms with Crippen LogP contribution in [0.1, 0.15) is 12.5 Å². The third-order valence-corrected chi connectivity index (χ3v) is 2.27. The highest BCUT2D eigenvalue weighted by atomic mass is 35.5. The first-order chi connectivity index (χ1) is 9.02. The SMILES string of the molecule is CCOC(=O)COc1cc(Cl)ccc1C=CC(=O)O. The van der Waals surface area contributed by atoms with Gasteiger partial charge in [-0.2, -0.15) is 0 Å². The molecule has 0 amide bonds. The predicted molar refractivity (Wildman–Crippen MR) is 70.2 cm³/mol. The minimum Gasteiger partial charge on any atom is -0.481 e. The van der Waals surface area contributed by atoms with Crippen molar-refractivity contribution in [3.8, 4) is 5.75 Å². The predicted octanol–water partition coefficient (Wildman–Crippen LogP) is 2.38. The van der Waals surface area contributed by atoms with Gasteiger partial charge in [-0.05, 0) is 31.2 Å². The number of rotatable bonds is 6. The Hall–Kier alpha value is -2.01. The highest BCUT2D eigenvalue weighted by molar-refractivity contribution is 6.30. The van der Waals surface area contributed by atoms with Crippen LogP contribution >= 0.6 is 11.6 Å². The Bertz CT molecular complexity index is 496. The molecule has 0 saturated carbocycles. The average molecular weight is 285 g/mol. The number of benzene rings is 1. The van der Waals surface area contributed by atoms with E-state index in [-0.39, 0.29) is 13.2 Å². The highest BCUT2D eigenvalue weighted by Gasteiger charge is 2.07. The third-order valence-electron chi connectivity index (χ3n) is 2.03. The maximum atomic E-state index is 11.2. The second-order valence-corrected chi connectivity index (χ2v) is 3.88. The van der Waals surface area contributed by atoms with E-state index >= 15 is 0 Å². The minimum atomic E-state index is -1.08. The normalized spacial score (nSPS) is 10.4. The summed E-state index contributed by atoms with van der Waals surface area (Å²) in [6.45, 7) is 1.70. The molecule has 1 aromatic carbocycles. The molecule has 6 heteroatoms. The maximum absolute atomic E-state index is 11.2. The van der Waals surface area contributed by atoms with Crippen LogP contribution < -0.4 is 4.74 Å². The zero-order valence-electron chi connectivity index (χ0n) is 10.3. The van der Waals surface area contributed by atoms with E-state index in [4.69, 9.17) is 26.2 Å². The van der Waals surface area contributed by atoms with E-state index in [0.29, 0.717) is 16.3 Å². The molecule has 5 nitrogen and oxygen atoms in total. The first kappa shape index (κ1) is 15.0. The number of esters is 1. The number of halogens is 1. The summed E-state index contributed by atoms with van der Waals surface area (Å²) in [5.41, 5.74) is 0.510. The van der Waals surface area contributed by atoms with Crippen molar-refractivity contribution in [1.29, 1.82) is 0 Å². The van der Waals surface area contributed by atoms with Gasteiger partial charge in [-0.1, -0.05) is 11.6 Å². The molecule has 102 valence electrons. The van der Waals surface area contributed by atoms with E-state index < -0.39 is 11.9 Å². The summed E-state index contributed by atoms with van der Waals surface area (Å²) in [4.78, 5) is 21.7. The first-order valence-electron chi connectivity index (χ1n) is 5.52. The lowest BCUT2D eigenvalue weighted by Crippen LogP contribution is -2.14. The smallest absolute Gasteiger partial charge is 0.344 e. The lowest BCUT2D eigenvalue weighted by molar-refractivity contribution is -0.145. The van der Waals surface area contributed by atoms with Crippen LogP contribution in [0.25, 0.3) is 6.08 Å². The summed E-state index contributed by atoms with van der Waals surface area (Å²) >= 11 is 5.82. The fourth-order valence-electron chi connectivity index (χ4n) is 1.27. The van der Waals surface area contributed by atoms with Gasteiger partial charge in [-0.25, -0.2) is 9.59 Å². The molecule has 0 aliphatic carbocycles. The van der Waals surface area contributed by atoms with Crippen molar-refractivity contribution in [2.24, 2.45) is 0 Å². The van der Waals surface area contributed by atoms with E-state index in [2.05, 4.69) is 0 Å². The van der Waals surface area contributed by atoms with Gasteiger partial charge in [0, 0.05) is 16.7 Å². The Kier molecular flexibility index (Phi) is 5.89. The minimum absolute atomic E-state index is 0.262. The summed E-state index contributed by atoms with van der Waals surface area (Å²) in [7, 11) is 0. The van der Waals surface area contributed by atoms with Crippen molar-refractivity contribution in [1.82, 2.24) is 0 Å². The third kappa shape index (κ3) is 5.44. The summed E-state index contributed by atoms with van der Waals surface area (Å²) < 4.78 is 9.98. The van der Waals surface area contributed by atoms with Crippen molar-refractivity contribution >= 4 is 29.6 Å². The molecule has 0 aromatic heterocycles. The number of hydrogen-bond acceptors (Lipinski definition) is 4. The number of carbonyl (C=O) groups excluding carboxylic acids is 1. The Balaban J connectivity index is 2.82. The molecule has 1 aromatic rings. The standard InChI is InChI=1S/C13H13ClO5/c1-2-18-13(17)8-19-11-7-10(14)5-3-9(11)4-6-12(15)16/h3-7H,2,8H2,1H3,(H,15,16). The van der Waals surface area contributed by atoms with Crippen molar-refractivity contribution in [3.05, 3.63) is 34.9 Å². The van der Waals surface area contributed by atoms with Crippen molar-refractivity contribution in [2.75, 3.05) is 13.2 Å². The van der Waals surface area contributed by atoms with Crippen LogP contribution in [-0.4, -0.2) is 30.3 Å². The molecular formula is C13H13ClO5. The van der Waals surface area contributed by atoms with E-state index in [1.54, 1.807) is 19.1 Å². The molecule has 0 spiro atoms. The number of carbonyl (C=O) groups is 2. The van der Waals surface area contributed by atoms with Gasteiger partial charge in [0.15, 0.2) is 6.61 Å². The topological polar surface area (TPSA) is 72.8 Å². The number of hydrogen-bond donors (Lipinski definition) is 1. The number of carboxylic acids is 1. The summed E-state index contributed by atoms with van der Waals surface area (Å²) in [6, 6.07) is 4.70. The molecule has 0 atom stereocenters. The zero-order chi connectivity index (χ0) is 14.3. The van der Waals surface area contributed by atoms with E-state index in [9.17, 15) is 9.59 Å². The van der Waals surface area contributed by atoms with Gasteiger partial charge in [0.05, 0.1) is 6.61 Å². The molecule has 0 aliphatic heterocycles. The number of aliphatic carboxylic acids is 1. The second kappa shape index (κ2) is 7.43. The van der Waals surface area contributed by atoms with Gasteiger partial charge < -0.3 is 14.6 Å². The summed E-state index contributed by atoms with van der Waals surface area (Å²) in [5.74, 6) is -1.26. The monoisotopic (exact) mass is 284 g/mol. The molecule has 1 rings (SSSR count). The molecule has 0 fully saturated rings. The van der Waals surface area contributed by atoms with Crippen LogP contribution in [0.5, 0.6) is 5.75 Å². The van der Waals surface area contributed by atoms with Crippen LogP contribution in [0.15, 0.2) is 24.3 Å². The number of ether oxygens (including phenoxy) is 2. The van der Waals surface area contributed by atoms with Gasteiger partial charge in [0.2, 0.25) is 0 Å². The fourth-order valence-corrected chi connectivity index (χ4v) is 1.43. The molecule has 0 unspecified atom stereocenters. The van der Waals surface area contributed by atoms with Crippen LogP contribution in [0.4, 0.5) is 0 Å². The van der Waals surface area contributed by atoms with E-state index in [1.807, 2.05) is 0 Å². The first-order valence-corrected chi connectivity index (χ1v) is 5.89. The average Bonchev–Trinajstić information content (AvgIpc) is 2.35. The molecule has 0 saturated heterocycles. The molecule has 0 bridgehead atoms. The fraction of sp³-hybridized carbons (Fsp3) is 0.231. The largest absolute Gasteiger partial charge is 0.481 e. The molecular weight excluding hydrogens is 272 g/mol. The summed E-state index contributed by atoms with van der Waals surface area (Å²) in [6.07, 6.45) is 2.33. The molecule has 0 heterocycles. The van der Waals surface area contributed by atoms with Gasteiger partial charge in [-0.3, -0.25) is 0 Å². The Morgan fingerprint density at radius 3 is 2.79 bits per heavy atom. The highest BCUT2D eigenvalue weighted by Crippen LogP contribution is 2.24.